The van der Waals surface area contributed by atoms with Crippen LogP contribution in [0.25, 0.3) is 10.9 Å². The van der Waals surface area contributed by atoms with Crippen molar-refractivity contribution in [2.45, 2.75) is 44.8 Å². The van der Waals surface area contributed by atoms with Crippen LogP contribution in [0.3, 0.4) is 0 Å². The highest BCUT2D eigenvalue weighted by Crippen LogP contribution is 2.41. The van der Waals surface area contributed by atoms with E-state index in [0.29, 0.717) is 0 Å². The van der Waals surface area contributed by atoms with Gasteiger partial charge in [-0.2, -0.15) is 0 Å². The summed E-state index contributed by atoms with van der Waals surface area (Å²) >= 11 is 0. The first-order chi connectivity index (χ1) is 11.8. The lowest BCUT2D eigenvalue weighted by molar-refractivity contribution is 0.702. The maximum atomic E-state index is 5.98. The van der Waals surface area contributed by atoms with Crippen LogP contribution in [0.15, 0.2) is 60.8 Å². The number of rotatable bonds is 3. The van der Waals surface area contributed by atoms with Gasteiger partial charge < -0.3 is 4.23 Å². The number of benzene rings is 2. The van der Waals surface area contributed by atoms with Gasteiger partial charge in [-0.15, -0.1) is 6.42 Å². The second-order valence-corrected chi connectivity index (χ2v) is 13.4. The smallest absolute Gasteiger partial charge is 0.161 e. The molecule has 0 amide bonds. The Morgan fingerprint density at radius 1 is 0.960 bits per heavy atom. The maximum Gasteiger partial charge on any atom is 0.161 e. The summed E-state index contributed by atoms with van der Waals surface area (Å²) in [6.45, 7) is 11.9. The topological polar surface area (TPSA) is 4.93 Å². The predicted molar refractivity (Wildman–Crippen MR) is 112 cm³/mol. The van der Waals surface area contributed by atoms with Crippen LogP contribution in [0.2, 0.25) is 18.1 Å². The van der Waals surface area contributed by atoms with E-state index in [4.69, 9.17) is 6.42 Å². The van der Waals surface area contributed by atoms with E-state index in [-0.39, 0.29) is 11.0 Å². The molecule has 128 valence electrons. The van der Waals surface area contributed by atoms with E-state index in [1.807, 2.05) is 6.07 Å². The van der Waals surface area contributed by atoms with E-state index in [1.165, 1.54) is 22.0 Å². The van der Waals surface area contributed by atoms with Crippen molar-refractivity contribution >= 4 is 19.1 Å². The van der Waals surface area contributed by atoms with E-state index in [9.17, 15) is 0 Å². The molecular weight excluding hydrogens is 318 g/mol. The second-order valence-electron chi connectivity index (χ2n) is 8.29. The number of terminal acetylenes is 1. The summed E-state index contributed by atoms with van der Waals surface area (Å²) in [6.07, 6.45) is 8.32. The first-order valence-electron chi connectivity index (χ1n) is 8.89. The van der Waals surface area contributed by atoms with Crippen LogP contribution in [-0.2, 0) is 0 Å². The molecule has 1 heterocycles. The molecule has 25 heavy (non-hydrogen) atoms. The average molecular weight is 346 g/mol. The molecule has 2 heteroatoms. The van der Waals surface area contributed by atoms with Crippen molar-refractivity contribution in [2.24, 2.45) is 0 Å². The van der Waals surface area contributed by atoms with E-state index < -0.39 is 8.24 Å². The quantitative estimate of drug-likeness (QED) is 0.390. The number of fused-ring (bicyclic) bond motifs is 1. The molecule has 0 saturated heterocycles. The van der Waals surface area contributed by atoms with Crippen LogP contribution >= 0.6 is 0 Å². The fourth-order valence-corrected chi connectivity index (χ4v) is 5.25. The van der Waals surface area contributed by atoms with Crippen LogP contribution in [0.5, 0.6) is 0 Å². The van der Waals surface area contributed by atoms with E-state index >= 15 is 0 Å². The summed E-state index contributed by atoms with van der Waals surface area (Å²) in [7, 11) is -1.74. The van der Waals surface area contributed by atoms with Crippen LogP contribution < -0.4 is 0 Å². The van der Waals surface area contributed by atoms with Gasteiger partial charge in [0.15, 0.2) is 8.24 Å². The Hall–Kier alpha value is -2.24. The lowest BCUT2D eigenvalue weighted by Crippen LogP contribution is -2.44. The molecule has 0 bridgehead atoms. The Labute approximate surface area is 152 Å². The molecular formula is C23H27NSi. The van der Waals surface area contributed by atoms with Crippen molar-refractivity contribution in [3.05, 3.63) is 71.9 Å². The van der Waals surface area contributed by atoms with Crippen molar-refractivity contribution in [3.8, 4) is 12.3 Å². The number of hydrogen-bond donors (Lipinski definition) is 0. The Bertz CT molecular complexity index is 920. The molecule has 0 N–H and O–H groups in total. The third-order valence-electron chi connectivity index (χ3n) is 5.79. The number of nitrogens with zero attached hydrogens (tertiary/aromatic N) is 1. The van der Waals surface area contributed by atoms with Gasteiger partial charge >= 0.3 is 0 Å². The molecule has 0 aliphatic heterocycles. The van der Waals surface area contributed by atoms with E-state index in [2.05, 4.69) is 98.7 Å². The highest BCUT2D eigenvalue weighted by Gasteiger charge is 2.39. The lowest BCUT2D eigenvalue weighted by atomic mass is 9.92. The van der Waals surface area contributed by atoms with Crippen molar-refractivity contribution in [1.82, 2.24) is 4.23 Å². The third kappa shape index (κ3) is 2.94. The van der Waals surface area contributed by atoms with Crippen LogP contribution in [0.1, 0.15) is 37.8 Å². The SMILES string of the molecule is C#C[C@@H](c1ccccc1)c1cn([Si](C)(C)C(C)(C)C)c2ccccc12. The zero-order chi connectivity index (χ0) is 18.2. The predicted octanol–water partition coefficient (Wildman–Crippen LogP) is 6.26. The van der Waals surface area contributed by atoms with Gasteiger partial charge in [0.1, 0.15) is 0 Å². The summed E-state index contributed by atoms with van der Waals surface area (Å²) in [5.41, 5.74) is 3.73. The highest BCUT2D eigenvalue weighted by atomic mass is 28.3. The maximum absolute atomic E-state index is 5.98. The van der Waals surface area contributed by atoms with Crippen molar-refractivity contribution < 1.29 is 0 Å². The van der Waals surface area contributed by atoms with Crippen molar-refractivity contribution in [2.75, 3.05) is 0 Å². The zero-order valence-electron chi connectivity index (χ0n) is 15.9. The molecule has 0 saturated carbocycles. The van der Waals surface area contributed by atoms with Gasteiger partial charge in [0.05, 0.1) is 5.92 Å². The Morgan fingerprint density at radius 3 is 2.16 bits per heavy atom. The molecule has 1 nitrogen and oxygen atoms in total. The lowest BCUT2D eigenvalue weighted by Gasteiger charge is -2.38. The Balaban J connectivity index is 2.27. The Kier molecular flexibility index (Phi) is 4.39. The van der Waals surface area contributed by atoms with Crippen LogP contribution in [-0.4, -0.2) is 12.5 Å². The van der Waals surface area contributed by atoms with Gasteiger partial charge in [0.25, 0.3) is 0 Å². The summed E-state index contributed by atoms with van der Waals surface area (Å²) < 4.78 is 2.55. The minimum Gasteiger partial charge on any atom is -0.374 e. The van der Waals surface area contributed by atoms with E-state index in [1.54, 1.807) is 0 Å². The van der Waals surface area contributed by atoms with Crippen molar-refractivity contribution in [3.63, 3.8) is 0 Å². The minimum absolute atomic E-state index is 0.0166. The van der Waals surface area contributed by atoms with Gasteiger partial charge in [0.2, 0.25) is 0 Å². The van der Waals surface area contributed by atoms with Gasteiger partial charge in [-0.05, 0) is 22.2 Å². The Morgan fingerprint density at radius 2 is 1.56 bits per heavy atom. The molecule has 0 aliphatic carbocycles. The van der Waals surface area contributed by atoms with Gasteiger partial charge in [-0.3, -0.25) is 0 Å². The molecule has 3 rings (SSSR count). The average Bonchev–Trinajstić information content (AvgIpc) is 2.96. The molecule has 1 atom stereocenters. The summed E-state index contributed by atoms with van der Waals surface area (Å²) in [5.74, 6) is 3.02. The summed E-state index contributed by atoms with van der Waals surface area (Å²) in [5, 5.41) is 1.53. The molecule has 3 aromatic rings. The molecule has 2 aromatic carbocycles. The first-order valence-corrected chi connectivity index (χ1v) is 11.8. The number of para-hydroxylation sites is 1. The monoisotopic (exact) mass is 345 g/mol. The first kappa shape index (κ1) is 17.6. The molecule has 0 spiro atoms. The normalized spacial score (nSPS) is 13.6. The van der Waals surface area contributed by atoms with Crippen LogP contribution in [0, 0.1) is 12.3 Å². The van der Waals surface area contributed by atoms with E-state index in [0.717, 1.165) is 0 Å². The molecule has 1 aromatic heterocycles. The minimum atomic E-state index is -1.74. The highest BCUT2D eigenvalue weighted by molar-refractivity contribution is 6.79. The summed E-state index contributed by atoms with van der Waals surface area (Å²) in [6, 6.07) is 19.1. The zero-order valence-corrected chi connectivity index (χ0v) is 16.9. The molecule has 0 radical (unpaired) electrons. The standard InChI is InChI=1S/C23H27NSi/c1-7-19(18-13-9-8-10-14-18)21-17-24(25(5,6)23(2,3)4)22-16-12-11-15-20(21)22/h1,8-17,19H,2-6H3/t19-/m0/s1. The molecule has 0 fully saturated rings. The van der Waals surface area contributed by atoms with Crippen molar-refractivity contribution in [1.29, 1.82) is 0 Å². The summed E-state index contributed by atoms with van der Waals surface area (Å²) in [4.78, 5) is 0. The second kappa shape index (κ2) is 6.24. The molecule has 0 aliphatic rings. The largest absolute Gasteiger partial charge is 0.374 e. The molecule has 0 unspecified atom stereocenters. The van der Waals surface area contributed by atoms with Gasteiger partial charge in [-0.1, -0.05) is 88.3 Å². The van der Waals surface area contributed by atoms with Gasteiger partial charge in [-0.25, -0.2) is 0 Å². The fraction of sp³-hybridized carbons (Fsp3) is 0.304. The third-order valence-corrected chi connectivity index (χ3v) is 11.0. The van der Waals surface area contributed by atoms with Crippen LogP contribution in [0.4, 0.5) is 0 Å². The number of aromatic nitrogens is 1. The number of hydrogen-bond acceptors (Lipinski definition) is 0. The fourth-order valence-electron chi connectivity index (χ4n) is 3.27. The van der Waals surface area contributed by atoms with Gasteiger partial charge in [0, 0.05) is 17.1 Å².